The van der Waals surface area contributed by atoms with Gasteiger partial charge >= 0.3 is 0 Å². The molecule has 2 aromatic rings. The van der Waals surface area contributed by atoms with E-state index in [1.54, 1.807) is 24.3 Å². The van der Waals surface area contributed by atoms with Crippen molar-refractivity contribution < 1.29 is 15.0 Å². The molecule has 0 saturated heterocycles. The van der Waals surface area contributed by atoms with Gasteiger partial charge in [0, 0.05) is 5.56 Å². The van der Waals surface area contributed by atoms with E-state index in [9.17, 15) is 15.0 Å². The van der Waals surface area contributed by atoms with E-state index in [2.05, 4.69) is 6.58 Å². The lowest BCUT2D eigenvalue weighted by molar-refractivity contribution is 0.112. The van der Waals surface area contributed by atoms with Gasteiger partial charge in [-0.1, -0.05) is 19.1 Å². The molecule has 2 rings (SSSR count). The molecule has 0 aliphatic heterocycles. The smallest absolute Gasteiger partial charge is 0.153 e. The van der Waals surface area contributed by atoms with E-state index in [1.807, 2.05) is 19.1 Å². The summed E-state index contributed by atoms with van der Waals surface area (Å²) < 4.78 is 0. The highest BCUT2D eigenvalue weighted by atomic mass is 16.3. The van der Waals surface area contributed by atoms with Crippen molar-refractivity contribution in [1.29, 1.82) is 0 Å². The second-order valence-corrected chi connectivity index (χ2v) is 4.89. The predicted octanol–water partition coefficient (Wildman–Crippen LogP) is 3.87. The molecule has 0 saturated carbocycles. The Hall–Kier alpha value is -2.55. The van der Waals surface area contributed by atoms with Crippen LogP contribution in [0.15, 0.2) is 43.0 Å². The van der Waals surface area contributed by atoms with Gasteiger partial charge in [0.2, 0.25) is 0 Å². The van der Waals surface area contributed by atoms with Gasteiger partial charge in [-0.2, -0.15) is 0 Å². The summed E-state index contributed by atoms with van der Waals surface area (Å²) in [4.78, 5) is 11.1. The highest BCUT2D eigenvalue weighted by Gasteiger charge is 2.12. The Bertz CT molecular complexity index is 687. The first kappa shape index (κ1) is 14.9. The minimum absolute atomic E-state index is 0.0280. The van der Waals surface area contributed by atoms with Gasteiger partial charge in [0.25, 0.3) is 0 Å². The first-order valence-corrected chi connectivity index (χ1v) is 6.85. The van der Waals surface area contributed by atoms with Crippen LogP contribution in [-0.2, 0) is 12.8 Å². The molecule has 0 amide bonds. The highest BCUT2D eigenvalue weighted by molar-refractivity contribution is 5.85. The van der Waals surface area contributed by atoms with Crippen molar-refractivity contribution in [1.82, 2.24) is 0 Å². The zero-order valence-corrected chi connectivity index (χ0v) is 12.0. The molecule has 0 heterocycles. The zero-order valence-electron chi connectivity index (χ0n) is 12.0. The minimum atomic E-state index is -0.0280. The highest BCUT2D eigenvalue weighted by Crippen LogP contribution is 2.35. The number of carbonyl (C=O) groups excluding carboxylic acids is 1. The van der Waals surface area contributed by atoms with Crippen LogP contribution < -0.4 is 0 Å². The Morgan fingerprint density at radius 3 is 2.57 bits per heavy atom. The third kappa shape index (κ3) is 2.97. The summed E-state index contributed by atoms with van der Waals surface area (Å²) >= 11 is 0. The van der Waals surface area contributed by atoms with Crippen LogP contribution >= 0.6 is 0 Å². The van der Waals surface area contributed by atoms with Gasteiger partial charge in [-0.25, -0.2) is 0 Å². The third-order valence-electron chi connectivity index (χ3n) is 3.49. The SMILES string of the molecule is C=CCc1cc(-c2cc(CC)ccc2O)cc(C=O)c1O. The Morgan fingerprint density at radius 1 is 1.19 bits per heavy atom. The van der Waals surface area contributed by atoms with Gasteiger partial charge in [-0.15, -0.1) is 6.58 Å². The largest absolute Gasteiger partial charge is 0.507 e. The predicted molar refractivity (Wildman–Crippen MR) is 83.9 cm³/mol. The van der Waals surface area contributed by atoms with Gasteiger partial charge in [0.05, 0.1) is 5.56 Å². The number of aromatic hydroxyl groups is 2. The average Bonchev–Trinajstić information content (AvgIpc) is 2.50. The Labute approximate surface area is 124 Å². The second-order valence-electron chi connectivity index (χ2n) is 4.89. The molecule has 3 nitrogen and oxygen atoms in total. The lowest BCUT2D eigenvalue weighted by atomic mass is 9.95. The molecule has 0 atom stereocenters. The van der Waals surface area contributed by atoms with E-state index in [4.69, 9.17) is 0 Å². The van der Waals surface area contributed by atoms with Crippen molar-refractivity contribution >= 4 is 6.29 Å². The second kappa shape index (κ2) is 6.27. The summed E-state index contributed by atoms with van der Waals surface area (Å²) in [6, 6.07) is 8.77. The summed E-state index contributed by atoms with van der Waals surface area (Å²) in [6.45, 7) is 5.69. The van der Waals surface area contributed by atoms with Crippen LogP contribution in [0.25, 0.3) is 11.1 Å². The van der Waals surface area contributed by atoms with E-state index in [0.717, 1.165) is 12.0 Å². The van der Waals surface area contributed by atoms with E-state index in [1.165, 1.54) is 0 Å². The number of phenols is 2. The van der Waals surface area contributed by atoms with Crippen molar-refractivity contribution in [3.05, 3.63) is 59.7 Å². The van der Waals surface area contributed by atoms with Gasteiger partial charge in [-0.3, -0.25) is 4.79 Å². The van der Waals surface area contributed by atoms with Crippen LogP contribution in [-0.4, -0.2) is 16.5 Å². The summed E-state index contributed by atoms with van der Waals surface area (Å²) in [5, 5.41) is 20.1. The molecule has 0 bridgehead atoms. The van der Waals surface area contributed by atoms with Crippen molar-refractivity contribution in [2.45, 2.75) is 19.8 Å². The number of benzene rings is 2. The Balaban J connectivity index is 2.65. The van der Waals surface area contributed by atoms with Crippen molar-refractivity contribution in [3.63, 3.8) is 0 Å². The minimum Gasteiger partial charge on any atom is -0.507 e. The average molecular weight is 282 g/mol. The molecule has 108 valence electrons. The number of aldehydes is 1. The van der Waals surface area contributed by atoms with Gasteiger partial charge in [0.1, 0.15) is 11.5 Å². The number of hydrogen-bond acceptors (Lipinski definition) is 3. The number of carbonyl (C=O) groups is 1. The first-order valence-electron chi connectivity index (χ1n) is 6.85. The maximum atomic E-state index is 11.1. The molecule has 0 aliphatic rings. The summed E-state index contributed by atoms with van der Waals surface area (Å²) in [5.41, 5.74) is 3.28. The molecule has 0 aliphatic carbocycles. The molecular formula is C18H18O3. The van der Waals surface area contributed by atoms with Crippen molar-refractivity contribution in [2.75, 3.05) is 0 Å². The fourth-order valence-electron chi connectivity index (χ4n) is 2.31. The van der Waals surface area contributed by atoms with Crippen molar-refractivity contribution in [2.24, 2.45) is 0 Å². The van der Waals surface area contributed by atoms with Crippen LogP contribution in [0.4, 0.5) is 0 Å². The number of rotatable bonds is 5. The first-order chi connectivity index (χ1) is 10.1. The quantitative estimate of drug-likeness (QED) is 0.646. The molecule has 0 fully saturated rings. The summed E-state index contributed by atoms with van der Waals surface area (Å²) in [5.74, 6) is 0.124. The van der Waals surface area contributed by atoms with E-state index < -0.39 is 0 Å². The molecule has 2 aromatic carbocycles. The maximum Gasteiger partial charge on any atom is 0.153 e. The number of allylic oxidation sites excluding steroid dienone is 1. The number of hydrogen-bond donors (Lipinski definition) is 2. The van der Waals surface area contributed by atoms with Crippen LogP contribution in [0.3, 0.4) is 0 Å². The van der Waals surface area contributed by atoms with Gasteiger partial charge in [0.15, 0.2) is 6.29 Å². The Kier molecular flexibility index (Phi) is 4.43. The van der Waals surface area contributed by atoms with E-state index in [0.29, 0.717) is 29.4 Å². The third-order valence-corrected chi connectivity index (χ3v) is 3.49. The van der Waals surface area contributed by atoms with Gasteiger partial charge < -0.3 is 10.2 Å². The van der Waals surface area contributed by atoms with E-state index in [-0.39, 0.29) is 17.1 Å². The molecular weight excluding hydrogens is 264 g/mol. The topological polar surface area (TPSA) is 57.5 Å². The lowest BCUT2D eigenvalue weighted by Crippen LogP contribution is -1.92. The van der Waals surface area contributed by atoms with E-state index >= 15 is 0 Å². The zero-order chi connectivity index (χ0) is 15.4. The maximum absolute atomic E-state index is 11.1. The van der Waals surface area contributed by atoms with Crippen LogP contribution in [0.5, 0.6) is 11.5 Å². The Morgan fingerprint density at radius 2 is 1.95 bits per heavy atom. The molecule has 2 N–H and O–H groups in total. The van der Waals surface area contributed by atoms with Crippen molar-refractivity contribution in [3.8, 4) is 22.6 Å². The normalized spacial score (nSPS) is 10.3. The fourth-order valence-corrected chi connectivity index (χ4v) is 2.31. The lowest BCUT2D eigenvalue weighted by Gasteiger charge is -2.11. The molecule has 0 radical (unpaired) electrons. The molecule has 21 heavy (non-hydrogen) atoms. The van der Waals surface area contributed by atoms with Crippen LogP contribution in [0.1, 0.15) is 28.4 Å². The van der Waals surface area contributed by atoms with Crippen LogP contribution in [0.2, 0.25) is 0 Å². The monoisotopic (exact) mass is 282 g/mol. The molecule has 0 spiro atoms. The standard InChI is InChI=1S/C18H18O3/c1-3-5-13-9-14(10-15(11-19)18(13)21)16-8-12(4-2)6-7-17(16)20/h3,6-11,20-21H,1,4-5H2,2H3. The number of phenolic OH excluding ortho intramolecular Hbond substituents is 2. The molecule has 0 unspecified atom stereocenters. The number of aryl methyl sites for hydroxylation is 1. The van der Waals surface area contributed by atoms with Gasteiger partial charge in [-0.05, 0) is 53.8 Å². The fraction of sp³-hybridized carbons (Fsp3) is 0.167. The summed E-state index contributed by atoms with van der Waals surface area (Å²) in [7, 11) is 0. The summed E-state index contributed by atoms with van der Waals surface area (Å²) in [6.07, 6.45) is 3.59. The van der Waals surface area contributed by atoms with Crippen LogP contribution in [0, 0.1) is 0 Å². The molecule has 3 heteroatoms. The molecule has 0 aromatic heterocycles.